The molecule has 3 aliphatic carbocycles. The summed E-state index contributed by atoms with van der Waals surface area (Å²) in [5.41, 5.74) is 2.61. The molecule has 5 rings (SSSR count). The van der Waals surface area contributed by atoms with Gasteiger partial charge in [-0.25, -0.2) is 8.42 Å². The van der Waals surface area contributed by atoms with Gasteiger partial charge in [-0.3, -0.25) is 33.6 Å². The molecule has 0 radical (unpaired) electrons. The number of fused-ring (bicyclic) bond motifs is 3. The summed E-state index contributed by atoms with van der Waals surface area (Å²) in [6.07, 6.45) is -0.0570. The predicted octanol–water partition coefficient (Wildman–Crippen LogP) is -0.266. The fourth-order valence-electron chi connectivity index (χ4n) is 6.93. The normalized spacial score (nSPS) is 28.7. The zero-order valence-electron chi connectivity index (χ0n) is 23.9. The number of aromatic hydroxyl groups is 1. The maximum absolute atomic E-state index is 14.1. The maximum Gasteiger partial charge on any atom is 0.262 e. The number of benzene rings is 2. The van der Waals surface area contributed by atoms with Gasteiger partial charge in [0, 0.05) is 25.7 Å². The Kier molecular flexibility index (Phi) is 7.22. The van der Waals surface area contributed by atoms with Crippen molar-refractivity contribution in [1.29, 1.82) is 0 Å². The van der Waals surface area contributed by atoms with Gasteiger partial charge in [0.15, 0.2) is 40.4 Å². The zero-order chi connectivity index (χ0) is 31.8. The van der Waals surface area contributed by atoms with Crippen LogP contribution in [0.5, 0.6) is 5.75 Å². The molecule has 2 fully saturated rings. The molecule has 43 heavy (non-hydrogen) atoms. The number of phenolic OH excluding ortho intramolecular Hbond substituents is 1. The van der Waals surface area contributed by atoms with Crippen molar-refractivity contribution in [3.8, 4) is 5.75 Å². The Balaban J connectivity index is 1.64. The van der Waals surface area contributed by atoms with E-state index in [-0.39, 0.29) is 29.0 Å². The lowest BCUT2D eigenvalue weighted by molar-refractivity contribution is -0.181. The second kappa shape index (κ2) is 10.2. The van der Waals surface area contributed by atoms with Gasteiger partial charge in [-0.15, -0.1) is 0 Å². The third-order valence-corrected chi connectivity index (χ3v) is 10.2. The maximum atomic E-state index is 14.1. The van der Waals surface area contributed by atoms with Gasteiger partial charge in [0.25, 0.3) is 10.0 Å². The summed E-state index contributed by atoms with van der Waals surface area (Å²) >= 11 is 0. The highest BCUT2D eigenvalue weighted by Gasteiger charge is 2.69. The first kappa shape index (κ1) is 30.3. The van der Waals surface area contributed by atoms with Gasteiger partial charge in [0.2, 0.25) is 5.91 Å². The van der Waals surface area contributed by atoms with Crippen LogP contribution < -0.4 is 15.4 Å². The van der Waals surface area contributed by atoms with E-state index in [2.05, 4.69) is 4.72 Å². The van der Waals surface area contributed by atoms with E-state index in [1.54, 1.807) is 25.1 Å². The topological polar surface area (TPSA) is 204 Å². The van der Waals surface area contributed by atoms with E-state index < -0.39 is 80.1 Å². The van der Waals surface area contributed by atoms with Gasteiger partial charge in [0.05, 0.1) is 28.1 Å². The molecule has 1 amide bonds. The van der Waals surface area contributed by atoms with Gasteiger partial charge < -0.3 is 20.8 Å². The highest BCUT2D eigenvalue weighted by atomic mass is 32.2. The molecule has 0 saturated heterocycles. The van der Waals surface area contributed by atoms with Crippen molar-refractivity contribution >= 4 is 50.4 Å². The molecule has 228 valence electrons. The number of anilines is 2. The summed E-state index contributed by atoms with van der Waals surface area (Å²) in [5.74, 6) is -12.0. The molecule has 2 saturated carbocycles. The molecule has 2 unspecified atom stereocenters. The molecule has 14 heteroatoms. The van der Waals surface area contributed by atoms with E-state index in [1.165, 1.54) is 49.3 Å². The van der Waals surface area contributed by atoms with Gasteiger partial charge in [0.1, 0.15) is 0 Å². The van der Waals surface area contributed by atoms with Crippen LogP contribution in [-0.4, -0.2) is 92.4 Å². The van der Waals surface area contributed by atoms with Crippen LogP contribution in [0.2, 0.25) is 0 Å². The molecular weight excluding hydrogens is 580 g/mol. The van der Waals surface area contributed by atoms with Crippen molar-refractivity contribution < 1.29 is 42.6 Å². The van der Waals surface area contributed by atoms with Crippen molar-refractivity contribution in [2.45, 2.75) is 29.4 Å². The number of hydrogen-bond donors (Lipinski definition) is 4. The van der Waals surface area contributed by atoms with Crippen LogP contribution in [-0.2, 0) is 35.6 Å². The van der Waals surface area contributed by atoms with Gasteiger partial charge in [-0.2, -0.15) is 0 Å². The number of carbonyl (C=O) groups is 5. The monoisotopic (exact) mass is 612 g/mol. The molecule has 0 heterocycles. The SMILES string of the molecule is CN(C)c1cc(NS(=O)(=O)c2ccccc2)c(O)c2c1C[C@H]1C[C@H]3[C@H](N(C)C)C(=O)C(C(N)=O)C(=O)[C@@]3(O)C(=O)C1C2=O. The summed E-state index contributed by atoms with van der Waals surface area (Å²) in [6.45, 7) is 0. The fraction of sp³-hybridized carbons (Fsp3) is 0.414. The number of nitrogens with one attached hydrogen (secondary N) is 1. The van der Waals surface area contributed by atoms with Crippen molar-refractivity contribution in [2.24, 2.45) is 29.4 Å². The lowest BCUT2D eigenvalue weighted by Gasteiger charge is -2.52. The van der Waals surface area contributed by atoms with Crippen LogP contribution in [0.3, 0.4) is 0 Å². The second-order valence-corrected chi connectivity index (χ2v) is 13.4. The number of Topliss-reactive ketones (excluding diaryl/α,β-unsaturated/α-hetero) is 4. The summed E-state index contributed by atoms with van der Waals surface area (Å²) in [4.78, 5) is 69.9. The number of sulfonamides is 1. The molecule has 13 nitrogen and oxygen atoms in total. The zero-order valence-corrected chi connectivity index (χ0v) is 24.7. The quantitative estimate of drug-likeness (QED) is 0.247. The highest BCUT2D eigenvalue weighted by Crippen LogP contribution is 2.52. The minimum absolute atomic E-state index is 0.0403. The second-order valence-electron chi connectivity index (χ2n) is 11.7. The van der Waals surface area contributed by atoms with Crippen LogP contribution in [0.15, 0.2) is 41.3 Å². The van der Waals surface area contributed by atoms with Crippen molar-refractivity contribution in [2.75, 3.05) is 37.8 Å². The summed E-state index contributed by atoms with van der Waals surface area (Å²) < 4.78 is 28.5. The number of ketones is 4. The van der Waals surface area contributed by atoms with Gasteiger partial charge in [-0.05, 0) is 56.6 Å². The van der Waals surface area contributed by atoms with Crippen LogP contribution in [0.1, 0.15) is 22.3 Å². The summed E-state index contributed by atoms with van der Waals surface area (Å²) in [5, 5.41) is 23.0. The summed E-state index contributed by atoms with van der Waals surface area (Å²) in [6, 6.07) is 7.55. The lowest BCUT2D eigenvalue weighted by atomic mass is 9.52. The number of nitrogens with zero attached hydrogens (tertiary/aromatic N) is 2. The number of rotatable bonds is 6. The first-order chi connectivity index (χ1) is 20.0. The first-order valence-corrected chi connectivity index (χ1v) is 15.0. The Bertz CT molecular complexity index is 1690. The van der Waals surface area contributed by atoms with E-state index in [0.717, 1.165) is 0 Å². The number of phenols is 1. The van der Waals surface area contributed by atoms with E-state index >= 15 is 0 Å². The van der Waals surface area contributed by atoms with Crippen molar-refractivity contribution in [1.82, 2.24) is 4.90 Å². The Labute approximate surface area is 247 Å². The van der Waals surface area contributed by atoms with Crippen molar-refractivity contribution in [3.63, 3.8) is 0 Å². The Morgan fingerprint density at radius 3 is 2.23 bits per heavy atom. The first-order valence-electron chi connectivity index (χ1n) is 13.5. The van der Waals surface area contributed by atoms with E-state index in [0.29, 0.717) is 11.3 Å². The van der Waals surface area contributed by atoms with E-state index in [4.69, 9.17) is 5.73 Å². The average Bonchev–Trinajstić information content (AvgIpc) is 2.92. The minimum Gasteiger partial charge on any atom is -0.505 e. The number of carbonyl (C=O) groups excluding carboxylic acids is 5. The van der Waals surface area contributed by atoms with E-state index in [9.17, 15) is 42.6 Å². The molecule has 6 atom stereocenters. The van der Waals surface area contributed by atoms with Gasteiger partial charge in [-0.1, -0.05) is 18.2 Å². The third kappa shape index (κ3) is 4.43. The molecule has 0 bridgehead atoms. The summed E-state index contributed by atoms with van der Waals surface area (Å²) in [7, 11) is 2.14. The van der Waals surface area contributed by atoms with Crippen LogP contribution in [0, 0.1) is 23.7 Å². The Morgan fingerprint density at radius 1 is 1.05 bits per heavy atom. The molecule has 2 aromatic carbocycles. The Morgan fingerprint density at radius 2 is 1.67 bits per heavy atom. The number of amides is 1. The van der Waals surface area contributed by atoms with Crippen molar-refractivity contribution in [3.05, 3.63) is 47.5 Å². The molecule has 0 aliphatic heterocycles. The number of hydrogen-bond acceptors (Lipinski definition) is 11. The third-order valence-electron chi connectivity index (χ3n) is 8.82. The van der Waals surface area contributed by atoms with Crippen LogP contribution in [0.25, 0.3) is 0 Å². The van der Waals surface area contributed by atoms with Crippen LogP contribution >= 0.6 is 0 Å². The number of aliphatic hydroxyl groups is 1. The molecule has 5 N–H and O–H groups in total. The average molecular weight is 613 g/mol. The van der Waals surface area contributed by atoms with Crippen LogP contribution in [0.4, 0.5) is 11.4 Å². The van der Waals surface area contributed by atoms with Gasteiger partial charge >= 0.3 is 0 Å². The molecule has 0 aromatic heterocycles. The number of nitrogens with two attached hydrogens (primary N) is 1. The Hall–Kier alpha value is -4.14. The van der Waals surface area contributed by atoms with E-state index in [1.807, 2.05) is 0 Å². The standard InChI is InChI=1S/C29H32N4O9S/c1-32(2)18-12-17(31-43(41,42)14-8-6-5-7-9-14)23(34)20-15(18)10-13-11-16-22(33(3)4)25(36)21(28(30)39)27(38)29(16,40)26(37)19(13)24(20)35/h5-9,12-13,16,19,21-22,31,34,40H,10-11H2,1-4H3,(H2,30,39)/t13-,16-,19?,21?,22-,29-/m0/s1. The minimum atomic E-state index is -4.19. The number of primary amides is 1. The molecular formula is C29H32N4O9S. The lowest BCUT2D eigenvalue weighted by Crippen LogP contribution is -2.74. The molecule has 3 aliphatic rings. The number of likely N-dealkylation sites (N-methyl/N-ethyl adjacent to an activating group) is 1. The molecule has 2 aromatic rings. The largest absolute Gasteiger partial charge is 0.505 e. The smallest absolute Gasteiger partial charge is 0.262 e. The fourth-order valence-corrected chi connectivity index (χ4v) is 8.01. The predicted molar refractivity (Wildman–Crippen MR) is 153 cm³/mol. The molecule has 0 spiro atoms. The highest BCUT2D eigenvalue weighted by molar-refractivity contribution is 7.92.